The van der Waals surface area contributed by atoms with Gasteiger partial charge in [0, 0.05) is 41.4 Å². The Bertz CT molecular complexity index is 1150. The molecule has 0 spiro atoms. The predicted molar refractivity (Wildman–Crippen MR) is 124 cm³/mol. The van der Waals surface area contributed by atoms with Crippen LogP contribution in [-0.2, 0) is 9.84 Å². The topological polar surface area (TPSA) is 37.4 Å². The van der Waals surface area contributed by atoms with Crippen LogP contribution in [0.3, 0.4) is 0 Å². The number of likely N-dealkylation sites (tertiary alicyclic amines) is 1. The molecule has 0 N–H and O–H groups in total. The highest BCUT2D eigenvalue weighted by atomic mass is 35.5. The van der Waals surface area contributed by atoms with Gasteiger partial charge in [0.15, 0.2) is 9.84 Å². The summed E-state index contributed by atoms with van der Waals surface area (Å²) in [6.45, 7) is 0.900. The minimum atomic E-state index is -3.60. The second-order valence-electron chi connectivity index (χ2n) is 8.17. The molecule has 1 saturated heterocycles. The third-order valence-electron chi connectivity index (χ3n) is 5.78. The summed E-state index contributed by atoms with van der Waals surface area (Å²) in [5.41, 5.74) is 2.15. The van der Waals surface area contributed by atoms with Crippen LogP contribution in [0.25, 0.3) is 0 Å². The van der Waals surface area contributed by atoms with Crippen LogP contribution in [0.15, 0.2) is 66.7 Å². The van der Waals surface area contributed by atoms with Crippen LogP contribution >= 0.6 is 23.2 Å². The molecule has 1 atom stereocenters. The summed E-state index contributed by atoms with van der Waals surface area (Å²) in [6.07, 6.45) is 1.11. The minimum Gasteiger partial charge on any atom is -0.292 e. The van der Waals surface area contributed by atoms with E-state index in [1.54, 1.807) is 0 Å². The maximum Gasteiger partial charge on any atom is 0.154 e. The lowest BCUT2D eigenvalue weighted by Gasteiger charge is -2.47. The molecule has 0 radical (unpaired) electrons. The molecule has 3 aromatic rings. The van der Waals surface area contributed by atoms with Gasteiger partial charge >= 0.3 is 0 Å². The van der Waals surface area contributed by atoms with Gasteiger partial charge in [0.05, 0.1) is 11.3 Å². The predicted octanol–water partition coefficient (Wildman–Crippen LogP) is 6.08. The Morgan fingerprint density at radius 1 is 0.812 bits per heavy atom. The SMILES string of the molecule is CS(=O)(=O)[C@H](c1cc(F)cc(F)c1)C1CN(C(c2ccc(Cl)cc2)c2ccc(Cl)cc2)C1. The van der Waals surface area contributed by atoms with E-state index in [9.17, 15) is 17.2 Å². The van der Waals surface area contributed by atoms with E-state index in [1.165, 1.54) is 0 Å². The van der Waals surface area contributed by atoms with E-state index in [4.69, 9.17) is 23.2 Å². The van der Waals surface area contributed by atoms with E-state index in [0.717, 1.165) is 35.6 Å². The van der Waals surface area contributed by atoms with Crippen molar-refractivity contribution in [2.45, 2.75) is 11.3 Å². The highest BCUT2D eigenvalue weighted by Gasteiger charge is 2.43. The summed E-state index contributed by atoms with van der Waals surface area (Å²) in [7, 11) is -3.60. The van der Waals surface area contributed by atoms with Gasteiger partial charge in [-0.1, -0.05) is 47.5 Å². The first-order valence-corrected chi connectivity index (χ1v) is 12.7. The van der Waals surface area contributed by atoms with Gasteiger partial charge in [0.25, 0.3) is 0 Å². The van der Waals surface area contributed by atoms with Crippen molar-refractivity contribution >= 4 is 33.0 Å². The van der Waals surface area contributed by atoms with Gasteiger partial charge in [-0.2, -0.15) is 0 Å². The van der Waals surface area contributed by atoms with Crippen molar-refractivity contribution in [3.63, 3.8) is 0 Å². The number of hydrogen-bond acceptors (Lipinski definition) is 3. The van der Waals surface area contributed by atoms with E-state index in [0.29, 0.717) is 23.1 Å². The molecule has 4 rings (SSSR count). The summed E-state index contributed by atoms with van der Waals surface area (Å²) >= 11 is 12.1. The molecule has 0 bridgehead atoms. The van der Waals surface area contributed by atoms with Crippen LogP contribution in [0.1, 0.15) is 28.0 Å². The van der Waals surface area contributed by atoms with Crippen molar-refractivity contribution in [1.29, 1.82) is 0 Å². The molecule has 3 aromatic carbocycles. The fourth-order valence-corrected chi connectivity index (χ4v) is 6.22. The summed E-state index contributed by atoms with van der Waals surface area (Å²) in [5.74, 6) is -1.87. The normalized spacial score (nSPS) is 16.2. The van der Waals surface area contributed by atoms with Gasteiger partial charge < -0.3 is 0 Å². The van der Waals surface area contributed by atoms with Crippen molar-refractivity contribution in [2.24, 2.45) is 5.92 Å². The molecule has 1 heterocycles. The van der Waals surface area contributed by atoms with Crippen molar-refractivity contribution in [3.05, 3.63) is 105 Å². The smallest absolute Gasteiger partial charge is 0.154 e. The van der Waals surface area contributed by atoms with Crippen molar-refractivity contribution in [1.82, 2.24) is 4.90 Å². The zero-order valence-corrected chi connectivity index (χ0v) is 19.5. The second-order valence-corrected chi connectivity index (χ2v) is 11.2. The first-order chi connectivity index (χ1) is 15.1. The zero-order valence-electron chi connectivity index (χ0n) is 17.2. The van der Waals surface area contributed by atoms with Crippen LogP contribution in [-0.4, -0.2) is 32.7 Å². The summed E-state index contributed by atoms with van der Waals surface area (Å²) < 4.78 is 52.8. The van der Waals surface area contributed by atoms with Gasteiger partial charge in [-0.25, -0.2) is 17.2 Å². The second kappa shape index (κ2) is 9.10. The number of halogens is 4. The zero-order chi connectivity index (χ0) is 23.0. The summed E-state index contributed by atoms with van der Waals surface area (Å²) in [5, 5.41) is 0.255. The fraction of sp³-hybridized carbons (Fsp3) is 0.250. The molecule has 168 valence electrons. The van der Waals surface area contributed by atoms with Gasteiger partial charge in [0.2, 0.25) is 0 Å². The minimum absolute atomic E-state index is 0.134. The molecular formula is C24H21Cl2F2NO2S. The van der Waals surface area contributed by atoms with E-state index in [2.05, 4.69) is 4.90 Å². The average molecular weight is 496 g/mol. The van der Waals surface area contributed by atoms with E-state index >= 15 is 0 Å². The fourth-order valence-electron chi connectivity index (χ4n) is 4.46. The van der Waals surface area contributed by atoms with Crippen LogP contribution in [0.4, 0.5) is 8.78 Å². The summed E-state index contributed by atoms with van der Waals surface area (Å²) in [4.78, 5) is 2.14. The molecule has 0 aliphatic carbocycles. The third-order valence-corrected chi connectivity index (χ3v) is 7.86. The Balaban J connectivity index is 1.64. The first-order valence-electron chi connectivity index (χ1n) is 10.0. The van der Waals surface area contributed by atoms with Crippen molar-refractivity contribution < 1.29 is 17.2 Å². The Labute approximate surface area is 196 Å². The molecule has 3 nitrogen and oxygen atoms in total. The van der Waals surface area contributed by atoms with Crippen molar-refractivity contribution in [2.75, 3.05) is 19.3 Å². The van der Waals surface area contributed by atoms with Crippen LogP contribution in [0.2, 0.25) is 10.0 Å². The molecule has 0 saturated carbocycles. The Morgan fingerprint density at radius 3 is 1.66 bits per heavy atom. The van der Waals surface area contributed by atoms with Crippen LogP contribution in [0.5, 0.6) is 0 Å². The number of nitrogens with zero attached hydrogens (tertiary/aromatic N) is 1. The highest BCUT2D eigenvalue weighted by molar-refractivity contribution is 7.90. The average Bonchev–Trinajstić information content (AvgIpc) is 2.67. The number of sulfone groups is 1. The van der Waals surface area contributed by atoms with Gasteiger partial charge in [0.1, 0.15) is 11.6 Å². The maximum absolute atomic E-state index is 13.8. The number of benzene rings is 3. The number of rotatable bonds is 6. The van der Waals surface area contributed by atoms with E-state index in [1.807, 2.05) is 48.5 Å². The number of hydrogen-bond donors (Lipinski definition) is 0. The Morgan fingerprint density at radius 2 is 1.25 bits per heavy atom. The largest absolute Gasteiger partial charge is 0.292 e. The monoisotopic (exact) mass is 495 g/mol. The highest BCUT2D eigenvalue weighted by Crippen LogP contribution is 2.42. The summed E-state index contributed by atoms with van der Waals surface area (Å²) in [6, 6.07) is 17.8. The Hall–Kier alpha value is -1.99. The molecule has 1 aliphatic heterocycles. The van der Waals surface area contributed by atoms with Gasteiger partial charge in [-0.3, -0.25) is 4.90 Å². The molecule has 0 unspecified atom stereocenters. The molecule has 8 heteroatoms. The lowest BCUT2D eigenvalue weighted by molar-refractivity contribution is 0.0654. The van der Waals surface area contributed by atoms with Crippen LogP contribution < -0.4 is 0 Å². The third kappa shape index (κ3) is 4.99. The van der Waals surface area contributed by atoms with E-state index in [-0.39, 0.29) is 17.5 Å². The maximum atomic E-state index is 13.8. The molecule has 0 amide bonds. The van der Waals surface area contributed by atoms with E-state index < -0.39 is 26.7 Å². The molecule has 1 aliphatic rings. The first kappa shape index (κ1) is 23.2. The lowest BCUT2D eigenvalue weighted by Crippen LogP contribution is -2.52. The van der Waals surface area contributed by atoms with Gasteiger partial charge in [-0.15, -0.1) is 0 Å². The lowest BCUT2D eigenvalue weighted by atomic mass is 9.86. The Kier molecular flexibility index (Phi) is 6.59. The van der Waals surface area contributed by atoms with Crippen molar-refractivity contribution in [3.8, 4) is 0 Å². The molecular weight excluding hydrogens is 475 g/mol. The molecule has 1 fully saturated rings. The quantitative estimate of drug-likeness (QED) is 0.415. The van der Waals surface area contributed by atoms with Crippen LogP contribution in [0, 0.1) is 17.6 Å². The van der Waals surface area contributed by atoms with Gasteiger partial charge in [-0.05, 0) is 53.1 Å². The standard InChI is InChI=1S/C24H21Cl2F2NO2S/c1-32(30,31)24(17-10-21(27)12-22(28)11-17)18-13-29(14-18)23(15-2-6-19(25)7-3-15)16-4-8-20(26)9-5-16/h2-12,18,23-24H,13-14H2,1H3/t24-/m1/s1. The molecule has 32 heavy (non-hydrogen) atoms. The molecule has 0 aromatic heterocycles.